The molecule has 19 heavy (non-hydrogen) atoms. The van der Waals surface area contributed by atoms with Crippen LogP contribution in [-0.2, 0) is 9.47 Å². The molecule has 3 rings (SSSR count). The van der Waals surface area contributed by atoms with E-state index in [9.17, 15) is 4.79 Å². The fourth-order valence-electron chi connectivity index (χ4n) is 2.04. The molecule has 1 aromatic heterocycles. The summed E-state index contributed by atoms with van der Waals surface area (Å²) in [6.45, 7) is 1.68. The minimum absolute atomic E-state index is 0.202. The van der Waals surface area contributed by atoms with Crippen molar-refractivity contribution in [1.29, 1.82) is 0 Å². The van der Waals surface area contributed by atoms with Crippen molar-refractivity contribution in [1.82, 2.24) is 0 Å². The molecule has 5 nitrogen and oxygen atoms in total. The highest BCUT2D eigenvalue weighted by atomic mass is 16.7. The first kappa shape index (κ1) is 12.2. The van der Waals surface area contributed by atoms with Crippen molar-refractivity contribution in [2.45, 2.75) is 12.7 Å². The summed E-state index contributed by atoms with van der Waals surface area (Å²) < 4.78 is 21.4. The molecule has 0 atom stereocenters. The molecule has 0 unspecified atom stereocenters. The zero-order chi connectivity index (χ0) is 13.1. The van der Waals surface area contributed by atoms with Crippen LogP contribution in [0.1, 0.15) is 6.42 Å². The van der Waals surface area contributed by atoms with E-state index in [1.165, 1.54) is 6.07 Å². The van der Waals surface area contributed by atoms with Gasteiger partial charge >= 0.3 is 5.63 Å². The Bertz CT molecular complexity index is 613. The van der Waals surface area contributed by atoms with Gasteiger partial charge in [0, 0.05) is 6.42 Å². The maximum atomic E-state index is 11.4. The lowest BCUT2D eigenvalue weighted by atomic mass is 10.2. The molecule has 1 saturated heterocycles. The van der Waals surface area contributed by atoms with E-state index in [1.807, 2.05) is 18.2 Å². The van der Waals surface area contributed by atoms with Crippen LogP contribution in [0.15, 0.2) is 39.5 Å². The molecule has 0 spiro atoms. The van der Waals surface area contributed by atoms with Crippen LogP contribution in [0.5, 0.6) is 5.75 Å². The maximum absolute atomic E-state index is 11.4. The Morgan fingerprint density at radius 2 is 2.00 bits per heavy atom. The Labute approximate surface area is 109 Å². The Morgan fingerprint density at radius 3 is 2.84 bits per heavy atom. The van der Waals surface area contributed by atoms with Crippen LogP contribution in [0.3, 0.4) is 0 Å². The van der Waals surface area contributed by atoms with Gasteiger partial charge in [0.25, 0.3) is 0 Å². The fourth-order valence-corrected chi connectivity index (χ4v) is 2.04. The molecular formula is C14H14O5. The quantitative estimate of drug-likeness (QED) is 0.788. The standard InChI is InChI=1S/C14H14O5/c15-13-9-12(10-3-1-2-4-11(10)19-13)16-6-5-14-17-7-8-18-14/h1-4,9,14H,5-8H2. The number of rotatable bonds is 4. The summed E-state index contributed by atoms with van der Waals surface area (Å²) in [5, 5.41) is 0.787. The van der Waals surface area contributed by atoms with Crippen molar-refractivity contribution < 1.29 is 18.6 Å². The molecule has 0 saturated carbocycles. The molecule has 0 amide bonds. The second kappa shape index (κ2) is 5.42. The largest absolute Gasteiger partial charge is 0.492 e. The van der Waals surface area contributed by atoms with Gasteiger partial charge in [-0.3, -0.25) is 0 Å². The highest BCUT2D eigenvalue weighted by Crippen LogP contribution is 2.23. The average Bonchev–Trinajstić information content (AvgIpc) is 2.91. The predicted molar refractivity (Wildman–Crippen MR) is 68.3 cm³/mol. The summed E-state index contributed by atoms with van der Waals surface area (Å²) in [5.41, 5.74) is 0.112. The molecule has 1 fully saturated rings. The molecule has 0 radical (unpaired) electrons. The highest BCUT2D eigenvalue weighted by molar-refractivity contribution is 5.82. The molecule has 2 heterocycles. The summed E-state index contributed by atoms with van der Waals surface area (Å²) in [7, 11) is 0. The first-order valence-corrected chi connectivity index (χ1v) is 6.22. The van der Waals surface area contributed by atoms with Crippen LogP contribution in [0.4, 0.5) is 0 Å². The number of benzene rings is 1. The zero-order valence-electron chi connectivity index (χ0n) is 10.3. The van der Waals surface area contributed by atoms with Gasteiger partial charge in [0.1, 0.15) is 11.3 Å². The topological polar surface area (TPSA) is 57.9 Å². The van der Waals surface area contributed by atoms with Crippen LogP contribution in [0.25, 0.3) is 11.0 Å². The first-order valence-electron chi connectivity index (χ1n) is 6.22. The summed E-state index contributed by atoms with van der Waals surface area (Å²) >= 11 is 0. The van der Waals surface area contributed by atoms with Gasteiger partial charge in [-0.05, 0) is 12.1 Å². The number of ether oxygens (including phenoxy) is 3. The van der Waals surface area contributed by atoms with Gasteiger partial charge in [0.05, 0.1) is 31.3 Å². The average molecular weight is 262 g/mol. The van der Waals surface area contributed by atoms with E-state index < -0.39 is 5.63 Å². The lowest BCUT2D eigenvalue weighted by Crippen LogP contribution is -2.13. The lowest BCUT2D eigenvalue weighted by Gasteiger charge is -2.11. The van der Waals surface area contributed by atoms with Gasteiger partial charge in [0.15, 0.2) is 6.29 Å². The van der Waals surface area contributed by atoms with Crippen LogP contribution in [-0.4, -0.2) is 26.1 Å². The zero-order valence-corrected chi connectivity index (χ0v) is 10.3. The van der Waals surface area contributed by atoms with Gasteiger partial charge in [0.2, 0.25) is 0 Å². The van der Waals surface area contributed by atoms with E-state index in [2.05, 4.69) is 0 Å². The van der Waals surface area contributed by atoms with Gasteiger partial charge < -0.3 is 18.6 Å². The number of fused-ring (bicyclic) bond motifs is 1. The molecule has 0 N–H and O–H groups in total. The van der Waals surface area contributed by atoms with Gasteiger partial charge in [-0.2, -0.15) is 0 Å². The third-order valence-electron chi connectivity index (χ3n) is 2.91. The summed E-state index contributed by atoms with van der Waals surface area (Å²) in [6, 6.07) is 8.65. The van der Waals surface area contributed by atoms with E-state index in [4.69, 9.17) is 18.6 Å². The molecule has 100 valence electrons. The molecule has 2 aromatic rings. The monoisotopic (exact) mass is 262 g/mol. The van der Waals surface area contributed by atoms with Crippen LogP contribution >= 0.6 is 0 Å². The van der Waals surface area contributed by atoms with E-state index in [0.717, 1.165) is 5.39 Å². The molecule has 0 bridgehead atoms. The normalized spacial score (nSPS) is 16.0. The van der Waals surface area contributed by atoms with Crippen molar-refractivity contribution >= 4 is 11.0 Å². The predicted octanol–water partition coefficient (Wildman–Crippen LogP) is 1.93. The highest BCUT2D eigenvalue weighted by Gasteiger charge is 2.16. The van der Waals surface area contributed by atoms with Crippen molar-refractivity contribution in [2.24, 2.45) is 0 Å². The number of hydrogen-bond acceptors (Lipinski definition) is 5. The Balaban J connectivity index is 1.74. The van der Waals surface area contributed by atoms with Gasteiger partial charge in [-0.1, -0.05) is 12.1 Å². The smallest absolute Gasteiger partial charge is 0.339 e. The Kier molecular flexibility index (Phi) is 3.48. The molecule has 5 heteroatoms. The maximum Gasteiger partial charge on any atom is 0.339 e. The summed E-state index contributed by atoms with van der Waals surface area (Å²) in [4.78, 5) is 11.4. The van der Waals surface area contributed by atoms with Crippen molar-refractivity contribution in [3.8, 4) is 5.75 Å². The van der Waals surface area contributed by atoms with E-state index >= 15 is 0 Å². The molecule has 1 aliphatic rings. The molecule has 1 aliphatic heterocycles. The Hall–Kier alpha value is -1.85. The fraction of sp³-hybridized carbons (Fsp3) is 0.357. The van der Waals surface area contributed by atoms with Gasteiger partial charge in [-0.25, -0.2) is 4.79 Å². The second-order valence-corrected chi connectivity index (χ2v) is 4.23. The Morgan fingerprint density at radius 1 is 1.21 bits per heavy atom. The number of hydrogen-bond donors (Lipinski definition) is 0. The van der Waals surface area contributed by atoms with Crippen LogP contribution in [0.2, 0.25) is 0 Å². The summed E-state index contributed by atoms with van der Waals surface area (Å²) in [6.07, 6.45) is 0.431. The number of para-hydroxylation sites is 1. The van der Waals surface area contributed by atoms with E-state index in [0.29, 0.717) is 37.6 Å². The third kappa shape index (κ3) is 2.77. The van der Waals surface area contributed by atoms with Crippen LogP contribution in [0, 0.1) is 0 Å². The second-order valence-electron chi connectivity index (χ2n) is 4.23. The molecular weight excluding hydrogens is 248 g/mol. The van der Waals surface area contributed by atoms with Gasteiger partial charge in [-0.15, -0.1) is 0 Å². The van der Waals surface area contributed by atoms with Crippen molar-refractivity contribution in [2.75, 3.05) is 19.8 Å². The van der Waals surface area contributed by atoms with Crippen LogP contribution < -0.4 is 10.4 Å². The molecule has 0 aliphatic carbocycles. The van der Waals surface area contributed by atoms with E-state index in [1.54, 1.807) is 6.07 Å². The minimum Gasteiger partial charge on any atom is -0.492 e. The minimum atomic E-state index is -0.415. The lowest BCUT2D eigenvalue weighted by molar-refractivity contribution is -0.0530. The first-order chi connectivity index (χ1) is 9.33. The van der Waals surface area contributed by atoms with E-state index in [-0.39, 0.29) is 6.29 Å². The van der Waals surface area contributed by atoms with Crippen molar-refractivity contribution in [3.63, 3.8) is 0 Å². The SMILES string of the molecule is O=c1cc(OCCC2OCCO2)c2ccccc2o1. The van der Waals surface area contributed by atoms with Crippen molar-refractivity contribution in [3.05, 3.63) is 40.8 Å². The molecule has 1 aromatic carbocycles. The summed E-state index contributed by atoms with van der Waals surface area (Å²) in [5.74, 6) is 0.532. The third-order valence-corrected chi connectivity index (χ3v) is 2.91.